The van der Waals surface area contributed by atoms with Crippen LogP contribution in [0.1, 0.15) is 71.1 Å². The zero-order valence-corrected chi connectivity index (χ0v) is 25.3. The quantitative estimate of drug-likeness (QED) is 0.140. The van der Waals surface area contributed by atoms with Gasteiger partial charge in [-0.25, -0.2) is 0 Å². The molecule has 0 aromatic rings. The van der Waals surface area contributed by atoms with Gasteiger partial charge in [0.1, 0.15) is 17.8 Å². The highest BCUT2D eigenvalue weighted by Gasteiger charge is 2.71. The summed E-state index contributed by atoms with van der Waals surface area (Å²) in [5, 5.41) is -5.80. The molecule has 1 aliphatic heterocycles. The van der Waals surface area contributed by atoms with Gasteiger partial charge in [0.15, 0.2) is 0 Å². The first-order chi connectivity index (χ1) is 21.0. The summed E-state index contributed by atoms with van der Waals surface area (Å²) in [6.45, 7) is 0.718. The summed E-state index contributed by atoms with van der Waals surface area (Å²) < 4.78 is 105. The molecule has 16 heteroatoms. The molecule has 0 amide bonds. The van der Waals surface area contributed by atoms with Crippen LogP contribution in [0.2, 0.25) is 0 Å². The van der Waals surface area contributed by atoms with Crippen molar-refractivity contribution < 1.29 is 68.7 Å². The van der Waals surface area contributed by atoms with Crippen LogP contribution in [-0.4, -0.2) is 72.4 Å². The Balaban J connectivity index is 1.04. The van der Waals surface area contributed by atoms with Gasteiger partial charge in [0.05, 0.1) is 37.7 Å². The number of carbonyl (C=O) groups excluding carboxylic acids is 4. The van der Waals surface area contributed by atoms with Crippen molar-refractivity contribution in [3.8, 4) is 0 Å². The molecule has 6 saturated carbocycles. The highest BCUT2D eigenvalue weighted by molar-refractivity contribution is 7.87. The largest absolute Gasteiger partial charge is 0.465 e. The summed E-state index contributed by atoms with van der Waals surface area (Å²) in [4.78, 5) is 51.3. The Bertz CT molecular complexity index is 1340. The van der Waals surface area contributed by atoms with E-state index >= 15 is 0 Å². The third-order valence-electron chi connectivity index (χ3n) is 11.4. The van der Waals surface area contributed by atoms with Crippen molar-refractivity contribution >= 4 is 34.0 Å². The van der Waals surface area contributed by atoms with E-state index in [1.165, 1.54) is 6.42 Å². The van der Waals surface area contributed by atoms with E-state index in [-0.39, 0.29) is 17.8 Å². The van der Waals surface area contributed by atoms with Crippen LogP contribution < -0.4 is 0 Å². The molecule has 0 aromatic carbocycles. The highest BCUT2D eigenvalue weighted by Crippen LogP contribution is 2.63. The molecular formula is C29H36F4O11S. The molecule has 6 unspecified atom stereocenters. The molecule has 0 radical (unpaired) electrons. The molecule has 6 bridgehead atoms. The van der Waals surface area contributed by atoms with Gasteiger partial charge in [-0.2, -0.15) is 26.0 Å². The Labute approximate surface area is 256 Å². The number of hydrogen-bond acceptors (Lipinski definition) is 10. The van der Waals surface area contributed by atoms with Crippen molar-refractivity contribution in [3.05, 3.63) is 0 Å². The molecule has 11 nitrogen and oxygen atoms in total. The number of alkyl halides is 4. The van der Waals surface area contributed by atoms with Gasteiger partial charge in [-0.05, 0) is 68.6 Å². The number of halogens is 4. The van der Waals surface area contributed by atoms with Gasteiger partial charge in [-0.15, -0.1) is 0 Å². The van der Waals surface area contributed by atoms with Gasteiger partial charge in [-0.1, -0.05) is 6.92 Å². The topological polar surface area (TPSA) is 160 Å². The van der Waals surface area contributed by atoms with Crippen molar-refractivity contribution in [2.75, 3.05) is 6.61 Å². The summed E-state index contributed by atoms with van der Waals surface area (Å²) in [6.07, 6.45) is 1.57. The van der Waals surface area contributed by atoms with Gasteiger partial charge < -0.3 is 18.9 Å². The average Bonchev–Trinajstić information content (AvgIpc) is 3.57. The third kappa shape index (κ3) is 5.21. The Morgan fingerprint density at radius 1 is 0.956 bits per heavy atom. The van der Waals surface area contributed by atoms with E-state index in [4.69, 9.17) is 18.8 Å². The van der Waals surface area contributed by atoms with Gasteiger partial charge in [0.2, 0.25) is 0 Å². The molecule has 7 rings (SSSR count). The molecule has 7 fully saturated rings. The molecule has 252 valence electrons. The van der Waals surface area contributed by atoms with Crippen LogP contribution in [-0.2, 0) is 48.2 Å². The normalized spacial score (nSPS) is 39.6. The molecule has 1 heterocycles. The average molecular weight is 669 g/mol. The molecule has 1 saturated heterocycles. The van der Waals surface area contributed by atoms with Gasteiger partial charge in [0.25, 0.3) is 0 Å². The van der Waals surface area contributed by atoms with Crippen LogP contribution in [0, 0.1) is 47.3 Å². The van der Waals surface area contributed by atoms with E-state index in [1.54, 1.807) is 0 Å². The maximum Gasteiger partial charge on any atom is 0.431 e. The fourth-order valence-electron chi connectivity index (χ4n) is 9.64. The minimum Gasteiger partial charge on any atom is -0.465 e. The first-order valence-electron chi connectivity index (χ1n) is 15.5. The van der Waals surface area contributed by atoms with Crippen molar-refractivity contribution in [2.24, 2.45) is 47.3 Å². The maximum atomic E-state index is 13.9. The van der Waals surface area contributed by atoms with Gasteiger partial charge in [-0.3, -0.25) is 23.7 Å². The summed E-state index contributed by atoms with van der Waals surface area (Å²) in [7, 11) is -6.43. The van der Waals surface area contributed by atoms with Crippen molar-refractivity contribution in [2.45, 2.75) is 100 Å². The van der Waals surface area contributed by atoms with Gasteiger partial charge in [0, 0.05) is 11.8 Å². The standard InChI is InChI=1S/C29H36F4O11S/c1-2-27(15-8-13-7-14(10-15)11-16(27)9-13)44-26(37)22-18-12-17-21(22)25(36)43-24(17)23(18)42-20(35)4-3-19(34)41-6-5-28(30,31)29(32,33)45(38,39)40/h13-18,21-24H,2-12H2,1H3,(H,38,39,40). The lowest BCUT2D eigenvalue weighted by atomic mass is 9.49. The summed E-state index contributed by atoms with van der Waals surface area (Å²) in [5.74, 6) is -8.88. The van der Waals surface area contributed by atoms with Crippen molar-refractivity contribution in [1.82, 2.24) is 0 Å². The smallest absolute Gasteiger partial charge is 0.431 e. The Morgan fingerprint density at radius 2 is 1.56 bits per heavy atom. The first kappa shape index (κ1) is 32.5. The second-order valence-corrected chi connectivity index (χ2v) is 15.1. The number of rotatable bonds is 12. The van der Waals surface area contributed by atoms with Gasteiger partial charge >= 0.3 is 45.2 Å². The number of ether oxygens (including phenoxy) is 4. The fraction of sp³-hybridized carbons (Fsp3) is 0.862. The summed E-state index contributed by atoms with van der Waals surface area (Å²) >= 11 is 0. The van der Waals surface area contributed by atoms with Crippen LogP contribution in [0.4, 0.5) is 17.6 Å². The highest BCUT2D eigenvalue weighted by atomic mass is 32.2. The first-order valence-corrected chi connectivity index (χ1v) is 16.9. The van der Waals surface area contributed by atoms with E-state index < -0.39 is 107 Å². The van der Waals surface area contributed by atoms with Crippen LogP contribution >= 0.6 is 0 Å². The fourth-order valence-corrected chi connectivity index (χ4v) is 10.1. The predicted octanol–water partition coefficient (Wildman–Crippen LogP) is 3.68. The lowest BCUT2D eigenvalue weighted by molar-refractivity contribution is -0.218. The minimum absolute atomic E-state index is 0.281. The SMILES string of the molecule is CCC1(OC(=O)C2C3CC4C(OC(=O)C42)C3OC(=O)CCC(=O)OCCC(F)(F)C(F)(F)S(=O)(=O)O)C2CC3CC(C2)CC1C3. The monoisotopic (exact) mass is 668 g/mol. The maximum absolute atomic E-state index is 13.9. The zero-order valence-electron chi connectivity index (χ0n) is 24.5. The molecule has 0 spiro atoms. The van der Waals surface area contributed by atoms with Crippen LogP contribution in [0.5, 0.6) is 0 Å². The molecule has 0 aromatic heterocycles. The Morgan fingerprint density at radius 3 is 2.13 bits per heavy atom. The lowest BCUT2D eigenvalue weighted by Crippen LogP contribution is -2.60. The molecule has 6 atom stereocenters. The van der Waals surface area contributed by atoms with E-state index in [0.717, 1.165) is 25.7 Å². The van der Waals surface area contributed by atoms with Crippen molar-refractivity contribution in [1.29, 1.82) is 0 Å². The Kier molecular flexibility index (Phi) is 7.97. The molecule has 45 heavy (non-hydrogen) atoms. The van der Waals surface area contributed by atoms with E-state index in [1.807, 2.05) is 6.92 Å². The second kappa shape index (κ2) is 11.1. The molecule has 1 N–H and O–H groups in total. The summed E-state index contributed by atoms with van der Waals surface area (Å²) in [5.41, 5.74) is -0.576. The second-order valence-electron chi connectivity index (χ2n) is 13.7. The zero-order chi connectivity index (χ0) is 32.7. The van der Waals surface area contributed by atoms with Crippen LogP contribution in [0.25, 0.3) is 0 Å². The van der Waals surface area contributed by atoms with Crippen molar-refractivity contribution in [3.63, 3.8) is 0 Å². The number of carbonyl (C=O) groups is 4. The molecule has 7 aliphatic rings. The lowest BCUT2D eigenvalue weighted by Gasteiger charge is -2.60. The minimum atomic E-state index is -6.43. The number of fused-ring (bicyclic) bond motifs is 1. The number of esters is 4. The van der Waals surface area contributed by atoms with Crippen LogP contribution in [0.3, 0.4) is 0 Å². The van der Waals surface area contributed by atoms with E-state index in [9.17, 15) is 45.2 Å². The third-order valence-corrected chi connectivity index (χ3v) is 12.4. The molecular weight excluding hydrogens is 632 g/mol. The van der Waals surface area contributed by atoms with E-state index in [0.29, 0.717) is 24.7 Å². The summed E-state index contributed by atoms with van der Waals surface area (Å²) in [6, 6.07) is 0. The Hall–Kier alpha value is -2.49. The van der Waals surface area contributed by atoms with E-state index in [2.05, 4.69) is 4.74 Å². The molecule has 6 aliphatic carbocycles. The van der Waals surface area contributed by atoms with Crippen LogP contribution in [0.15, 0.2) is 0 Å². The predicted molar refractivity (Wildman–Crippen MR) is 141 cm³/mol. The number of hydrogen-bond donors (Lipinski definition) is 1.